The predicted octanol–water partition coefficient (Wildman–Crippen LogP) is 1.51. The summed E-state index contributed by atoms with van der Waals surface area (Å²) in [4.78, 5) is 0. The Morgan fingerprint density at radius 1 is 1.40 bits per heavy atom. The van der Waals surface area contributed by atoms with E-state index in [9.17, 15) is 8.78 Å². The smallest absolute Gasteiger partial charge is 0.164 e. The van der Waals surface area contributed by atoms with E-state index in [0.29, 0.717) is 13.0 Å². The maximum atomic E-state index is 13.3. The van der Waals surface area contributed by atoms with Gasteiger partial charge in [0, 0.05) is 13.0 Å². The first-order valence-corrected chi connectivity index (χ1v) is 4.53. The first kappa shape index (κ1) is 11.5. The minimum Gasteiger partial charge on any atom is -0.396 e. The average Bonchev–Trinajstić information content (AvgIpc) is 2.23. The number of rotatable bonds is 2. The van der Waals surface area contributed by atoms with Crippen LogP contribution in [-0.2, 0) is 0 Å². The van der Waals surface area contributed by atoms with Crippen LogP contribution in [0.15, 0.2) is 12.1 Å². The number of hydrogen-bond acceptors (Lipinski definition) is 2. The number of hydrogen-bond donors (Lipinski definition) is 2. The maximum Gasteiger partial charge on any atom is 0.164 e. The van der Waals surface area contributed by atoms with Gasteiger partial charge in [0.15, 0.2) is 5.82 Å². The Kier molecular flexibility index (Phi) is 4.07. The molecule has 4 heteroatoms. The molecule has 0 saturated heterocycles. The number of nitrogens with two attached hydrogens (primary N) is 1. The van der Waals surface area contributed by atoms with Crippen LogP contribution in [0.2, 0.25) is 0 Å². The van der Waals surface area contributed by atoms with Crippen molar-refractivity contribution in [3.05, 3.63) is 29.3 Å². The van der Waals surface area contributed by atoms with E-state index in [2.05, 4.69) is 17.2 Å². The topological polar surface area (TPSA) is 38.0 Å². The zero-order valence-electron chi connectivity index (χ0n) is 8.40. The molecule has 0 bridgehead atoms. The Bertz CT molecular complexity index is 405. The minimum absolute atomic E-state index is 0.0886. The fourth-order valence-electron chi connectivity index (χ4n) is 1.02. The minimum atomic E-state index is -0.785. The van der Waals surface area contributed by atoms with Crippen LogP contribution in [0.4, 0.5) is 14.5 Å². The molecular weight excluding hydrogens is 198 g/mol. The van der Waals surface area contributed by atoms with Crippen molar-refractivity contribution in [3.63, 3.8) is 0 Å². The molecule has 15 heavy (non-hydrogen) atoms. The summed E-state index contributed by atoms with van der Waals surface area (Å²) in [5.41, 5.74) is 4.95. The van der Waals surface area contributed by atoms with Gasteiger partial charge in [-0.2, -0.15) is 0 Å². The molecule has 0 aromatic heterocycles. The molecular formula is C11H12F2N2. The van der Waals surface area contributed by atoms with Crippen molar-refractivity contribution in [2.75, 3.05) is 19.3 Å². The van der Waals surface area contributed by atoms with Crippen molar-refractivity contribution < 1.29 is 8.78 Å². The summed E-state index contributed by atoms with van der Waals surface area (Å²) in [6, 6.07) is 2.30. The van der Waals surface area contributed by atoms with Gasteiger partial charge in [-0.1, -0.05) is 11.8 Å². The fourth-order valence-corrected chi connectivity index (χ4v) is 1.02. The standard InChI is InChI=1S/C11H12F2N2/c1-15-7-3-2-4-8-9(12)5-6-10(14)11(8)13/h5-6,15H,3,7,14H2,1H3. The number of anilines is 1. The van der Waals surface area contributed by atoms with Crippen LogP contribution in [0.1, 0.15) is 12.0 Å². The predicted molar refractivity (Wildman–Crippen MR) is 56.2 cm³/mol. The van der Waals surface area contributed by atoms with Gasteiger partial charge < -0.3 is 11.1 Å². The van der Waals surface area contributed by atoms with Crippen LogP contribution in [0.25, 0.3) is 0 Å². The molecule has 0 atom stereocenters. The van der Waals surface area contributed by atoms with Gasteiger partial charge in [-0.05, 0) is 19.2 Å². The lowest BCUT2D eigenvalue weighted by Gasteiger charge is -1.99. The molecule has 80 valence electrons. The Morgan fingerprint density at radius 2 is 2.13 bits per heavy atom. The Labute approximate surface area is 87.5 Å². The molecule has 0 aliphatic carbocycles. The quantitative estimate of drug-likeness (QED) is 0.441. The maximum absolute atomic E-state index is 13.3. The number of benzene rings is 1. The summed E-state index contributed by atoms with van der Waals surface area (Å²) in [6.45, 7) is 0.679. The second-order valence-corrected chi connectivity index (χ2v) is 2.98. The summed E-state index contributed by atoms with van der Waals surface area (Å²) >= 11 is 0. The fraction of sp³-hybridized carbons (Fsp3) is 0.273. The van der Waals surface area contributed by atoms with Crippen molar-refractivity contribution in [1.29, 1.82) is 0 Å². The normalized spacial score (nSPS) is 9.53. The molecule has 0 radical (unpaired) electrons. The van der Waals surface area contributed by atoms with Gasteiger partial charge in [0.25, 0.3) is 0 Å². The van der Waals surface area contributed by atoms with E-state index in [1.165, 1.54) is 6.07 Å². The molecule has 0 aliphatic heterocycles. The molecule has 0 spiro atoms. The molecule has 1 aromatic rings. The summed E-state index contributed by atoms with van der Waals surface area (Å²) in [6.07, 6.45) is 0.532. The lowest BCUT2D eigenvalue weighted by atomic mass is 10.1. The summed E-state index contributed by atoms with van der Waals surface area (Å²) < 4.78 is 26.4. The highest BCUT2D eigenvalue weighted by atomic mass is 19.1. The highest BCUT2D eigenvalue weighted by Gasteiger charge is 2.08. The van der Waals surface area contributed by atoms with Gasteiger partial charge in [0.1, 0.15) is 5.82 Å². The molecule has 3 N–H and O–H groups in total. The van der Waals surface area contributed by atoms with Crippen LogP contribution in [0.3, 0.4) is 0 Å². The van der Waals surface area contributed by atoms with E-state index in [4.69, 9.17) is 5.73 Å². The number of halogens is 2. The second kappa shape index (κ2) is 5.32. The first-order valence-electron chi connectivity index (χ1n) is 4.53. The van der Waals surface area contributed by atoms with E-state index < -0.39 is 11.6 Å². The Balaban J connectivity index is 2.92. The highest BCUT2D eigenvalue weighted by Crippen LogP contribution is 2.17. The second-order valence-electron chi connectivity index (χ2n) is 2.98. The molecule has 0 aliphatic rings. The molecule has 0 saturated carbocycles. The zero-order valence-corrected chi connectivity index (χ0v) is 8.40. The molecule has 0 unspecified atom stereocenters. The molecule has 1 aromatic carbocycles. The van der Waals surface area contributed by atoms with Crippen LogP contribution < -0.4 is 11.1 Å². The van der Waals surface area contributed by atoms with Gasteiger partial charge in [-0.15, -0.1) is 0 Å². The van der Waals surface area contributed by atoms with E-state index in [1.807, 2.05) is 0 Å². The van der Waals surface area contributed by atoms with Crippen LogP contribution in [-0.4, -0.2) is 13.6 Å². The summed E-state index contributed by atoms with van der Waals surface area (Å²) in [5.74, 6) is 3.63. The SMILES string of the molecule is CNCCC#Cc1c(F)ccc(N)c1F. The van der Waals surface area contributed by atoms with Gasteiger partial charge in [-0.25, -0.2) is 8.78 Å². The van der Waals surface area contributed by atoms with E-state index in [-0.39, 0.29) is 11.3 Å². The van der Waals surface area contributed by atoms with Gasteiger partial charge in [-0.3, -0.25) is 0 Å². The van der Waals surface area contributed by atoms with Crippen molar-refractivity contribution in [3.8, 4) is 11.8 Å². The summed E-state index contributed by atoms with van der Waals surface area (Å²) in [7, 11) is 1.78. The van der Waals surface area contributed by atoms with E-state index >= 15 is 0 Å². The third-order valence-electron chi connectivity index (χ3n) is 1.83. The lowest BCUT2D eigenvalue weighted by Crippen LogP contribution is -2.06. The molecule has 0 fully saturated rings. The molecule has 0 amide bonds. The van der Waals surface area contributed by atoms with Crippen molar-refractivity contribution in [2.24, 2.45) is 0 Å². The van der Waals surface area contributed by atoms with E-state index in [1.54, 1.807) is 7.05 Å². The first-order chi connectivity index (χ1) is 7.16. The number of nitrogens with one attached hydrogen (secondary N) is 1. The molecule has 1 rings (SSSR count). The van der Waals surface area contributed by atoms with Crippen molar-refractivity contribution >= 4 is 5.69 Å². The summed E-state index contributed by atoms with van der Waals surface area (Å²) in [5, 5.41) is 2.88. The van der Waals surface area contributed by atoms with E-state index in [0.717, 1.165) is 6.07 Å². The monoisotopic (exact) mass is 210 g/mol. The van der Waals surface area contributed by atoms with Crippen molar-refractivity contribution in [1.82, 2.24) is 5.32 Å². The van der Waals surface area contributed by atoms with Crippen LogP contribution >= 0.6 is 0 Å². The highest BCUT2D eigenvalue weighted by molar-refractivity contribution is 5.49. The average molecular weight is 210 g/mol. The van der Waals surface area contributed by atoms with Gasteiger partial charge in [0.05, 0.1) is 11.3 Å². The zero-order chi connectivity index (χ0) is 11.3. The van der Waals surface area contributed by atoms with Crippen LogP contribution in [0.5, 0.6) is 0 Å². The van der Waals surface area contributed by atoms with Gasteiger partial charge >= 0.3 is 0 Å². The van der Waals surface area contributed by atoms with Gasteiger partial charge in [0.2, 0.25) is 0 Å². The number of nitrogen functional groups attached to an aromatic ring is 1. The third-order valence-corrected chi connectivity index (χ3v) is 1.83. The Hall–Kier alpha value is -1.60. The molecule has 0 heterocycles. The largest absolute Gasteiger partial charge is 0.396 e. The molecule has 2 nitrogen and oxygen atoms in total. The van der Waals surface area contributed by atoms with Crippen molar-refractivity contribution in [2.45, 2.75) is 6.42 Å². The Morgan fingerprint density at radius 3 is 2.80 bits per heavy atom. The lowest BCUT2D eigenvalue weighted by molar-refractivity contribution is 0.580. The third kappa shape index (κ3) is 2.93. The van der Waals surface area contributed by atoms with Crippen LogP contribution in [0, 0.1) is 23.5 Å².